The predicted molar refractivity (Wildman–Crippen MR) is 82.2 cm³/mol. The number of rotatable bonds is 5. The minimum atomic E-state index is -1.83. The summed E-state index contributed by atoms with van der Waals surface area (Å²) >= 11 is 0. The van der Waals surface area contributed by atoms with Crippen LogP contribution in [0.4, 0.5) is 4.79 Å². The summed E-state index contributed by atoms with van der Waals surface area (Å²) in [7, 11) is -1.83. The van der Waals surface area contributed by atoms with Crippen molar-refractivity contribution in [2.24, 2.45) is 5.41 Å². The minimum absolute atomic E-state index is 0.00963. The Hall–Kier alpha value is -0.553. The smallest absolute Gasteiger partial charge is 0.404 e. The van der Waals surface area contributed by atoms with Gasteiger partial charge in [-0.2, -0.15) is 0 Å². The van der Waals surface area contributed by atoms with Gasteiger partial charge in [-0.1, -0.05) is 41.5 Å². The van der Waals surface area contributed by atoms with Crippen LogP contribution in [0, 0.1) is 5.41 Å². The maximum Gasteiger partial charge on any atom is 0.404 e. The van der Waals surface area contributed by atoms with Gasteiger partial charge >= 0.3 is 6.09 Å². The first-order chi connectivity index (χ1) is 8.27. The second kappa shape index (κ2) is 6.26. The van der Waals surface area contributed by atoms with Crippen LogP contribution < -0.4 is 5.32 Å². The molecular formula is C14H31NO3Si. The summed E-state index contributed by atoms with van der Waals surface area (Å²) in [6.07, 6.45) is -0.192. The van der Waals surface area contributed by atoms with Crippen LogP contribution in [0.15, 0.2) is 0 Å². The van der Waals surface area contributed by atoms with Gasteiger partial charge in [-0.3, -0.25) is 0 Å². The highest BCUT2D eigenvalue weighted by Crippen LogP contribution is 2.40. The van der Waals surface area contributed by atoms with Gasteiger partial charge < -0.3 is 14.8 Å². The molecule has 0 saturated heterocycles. The van der Waals surface area contributed by atoms with E-state index in [1.165, 1.54) is 0 Å². The quantitative estimate of drug-likeness (QED) is 0.750. The molecule has 0 radical (unpaired) electrons. The number of nitrogens with one attached hydrogen (secondary N) is 1. The van der Waals surface area contributed by atoms with Crippen molar-refractivity contribution in [2.45, 2.75) is 72.2 Å². The van der Waals surface area contributed by atoms with Crippen molar-refractivity contribution in [3.8, 4) is 0 Å². The van der Waals surface area contributed by atoms with Crippen LogP contribution in [0.2, 0.25) is 18.1 Å². The lowest BCUT2D eigenvalue weighted by Crippen LogP contribution is -2.48. The first kappa shape index (κ1) is 18.4. The molecule has 0 bridgehead atoms. The van der Waals surface area contributed by atoms with Gasteiger partial charge in [0.05, 0.1) is 6.10 Å². The molecule has 0 rings (SSSR count). The van der Waals surface area contributed by atoms with Crippen molar-refractivity contribution < 1.29 is 14.3 Å². The van der Waals surface area contributed by atoms with E-state index >= 15 is 0 Å². The van der Waals surface area contributed by atoms with Gasteiger partial charge in [0.1, 0.15) is 0 Å². The third-order valence-corrected chi connectivity index (χ3v) is 8.38. The fourth-order valence-corrected chi connectivity index (χ4v) is 3.05. The molecule has 0 saturated carbocycles. The van der Waals surface area contributed by atoms with Crippen molar-refractivity contribution in [2.75, 3.05) is 6.54 Å². The Morgan fingerprint density at radius 1 is 1.21 bits per heavy atom. The van der Waals surface area contributed by atoms with E-state index in [9.17, 15) is 4.79 Å². The largest absolute Gasteiger partial charge is 0.465 e. The Balaban J connectivity index is 4.75. The zero-order chi connectivity index (χ0) is 15.5. The second-order valence-electron chi connectivity index (χ2n) is 7.75. The van der Waals surface area contributed by atoms with Crippen molar-refractivity contribution >= 4 is 14.4 Å². The van der Waals surface area contributed by atoms with Gasteiger partial charge in [0, 0.05) is 6.54 Å². The third kappa shape index (κ3) is 6.43. The molecule has 19 heavy (non-hydrogen) atoms. The molecule has 0 aromatic heterocycles. The van der Waals surface area contributed by atoms with Gasteiger partial charge in [0.2, 0.25) is 0 Å². The lowest BCUT2D eigenvalue weighted by molar-refractivity contribution is 0.0656. The number of amides is 1. The van der Waals surface area contributed by atoms with Gasteiger partial charge in [0.15, 0.2) is 8.32 Å². The number of carboxylic acid groups (broad SMARTS) is 1. The van der Waals surface area contributed by atoms with Crippen LogP contribution in [0.5, 0.6) is 0 Å². The highest BCUT2D eigenvalue weighted by molar-refractivity contribution is 6.74. The van der Waals surface area contributed by atoms with E-state index in [-0.39, 0.29) is 16.6 Å². The summed E-state index contributed by atoms with van der Waals surface area (Å²) in [5.41, 5.74) is 0.00963. The summed E-state index contributed by atoms with van der Waals surface area (Å²) in [5, 5.41) is 11.2. The standard InChI is InChI=1S/C14H31NO3Si/c1-13(2,3)11(9-10-15-12(16)17)18-19(7,8)14(4,5)6/h11,15H,9-10H2,1-8H3,(H,16,17). The van der Waals surface area contributed by atoms with Crippen LogP contribution in [0.25, 0.3) is 0 Å². The lowest BCUT2D eigenvalue weighted by atomic mass is 9.87. The molecule has 1 atom stereocenters. The van der Waals surface area contributed by atoms with Crippen molar-refractivity contribution in [1.82, 2.24) is 5.32 Å². The van der Waals surface area contributed by atoms with E-state index in [1.807, 2.05) is 0 Å². The molecule has 4 nitrogen and oxygen atoms in total. The van der Waals surface area contributed by atoms with E-state index in [2.05, 4.69) is 60.0 Å². The molecule has 0 aromatic carbocycles. The highest BCUT2D eigenvalue weighted by atomic mass is 28.4. The fraction of sp³-hybridized carbons (Fsp3) is 0.929. The van der Waals surface area contributed by atoms with Gasteiger partial charge in [-0.25, -0.2) is 4.79 Å². The predicted octanol–water partition coefficient (Wildman–Crippen LogP) is 4.08. The summed E-state index contributed by atoms with van der Waals surface area (Å²) in [4.78, 5) is 10.5. The van der Waals surface area contributed by atoms with Crippen molar-refractivity contribution in [3.63, 3.8) is 0 Å². The van der Waals surface area contributed by atoms with Crippen LogP contribution in [0.1, 0.15) is 48.0 Å². The first-order valence-electron chi connectivity index (χ1n) is 6.92. The van der Waals surface area contributed by atoms with Crippen LogP contribution >= 0.6 is 0 Å². The Morgan fingerprint density at radius 3 is 2.00 bits per heavy atom. The molecule has 1 unspecified atom stereocenters. The van der Waals surface area contributed by atoms with E-state index < -0.39 is 14.4 Å². The monoisotopic (exact) mass is 289 g/mol. The summed E-state index contributed by atoms with van der Waals surface area (Å²) in [6, 6.07) is 0. The Morgan fingerprint density at radius 2 is 1.68 bits per heavy atom. The molecule has 0 aliphatic carbocycles. The SMILES string of the molecule is CC(C)(C)C(CCNC(=O)O)O[Si](C)(C)C(C)(C)C. The molecule has 1 amide bonds. The Labute approximate surface area is 119 Å². The van der Waals surface area contributed by atoms with Crippen molar-refractivity contribution in [3.05, 3.63) is 0 Å². The van der Waals surface area contributed by atoms with Gasteiger partial charge in [-0.15, -0.1) is 0 Å². The lowest BCUT2D eigenvalue weighted by Gasteiger charge is -2.43. The average Bonchev–Trinajstić information content (AvgIpc) is 2.11. The fourth-order valence-electron chi connectivity index (χ4n) is 1.51. The normalized spacial score (nSPS) is 15.2. The summed E-state index contributed by atoms with van der Waals surface area (Å²) in [6.45, 7) is 18.0. The highest BCUT2D eigenvalue weighted by Gasteiger charge is 2.41. The van der Waals surface area contributed by atoms with E-state index in [4.69, 9.17) is 9.53 Å². The maximum atomic E-state index is 10.5. The van der Waals surface area contributed by atoms with Crippen LogP contribution in [-0.4, -0.2) is 32.2 Å². The molecular weight excluding hydrogens is 258 g/mol. The molecule has 114 valence electrons. The maximum absolute atomic E-state index is 10.5. The second-order valence-corrected chi connectivity index (χ2v) is 12.5. The third-order valence-electron chi connectivity index (χ3n) is 3.89. The van der Waals surface area contributed by atoms with Crippen LogP contribution in [-0.2, 0) is 4.43 Å². The number of carbonyl (C=O) groups is 1. The summed E-state index contributed by atoms with van der Waals surface area (Å²) in [5.74, 6) is 0. The Kier molecular flexibility index (Phi) is 6.08. The topological polar surface area (TPSA) is 58.6 Å². The van der Waals surface area contributed by atoms with E-state index in [1.54, 1.807) is 0 Å². The number of hydrogen-bond donors (Lipinski definition) is 2. The van der Waals surface area contributed by atoms with Gasteiger partial charge in [0.25, 0.3) is 0 Å². The number of hydrogen-bond acceptors (Lipinski definition) is 2. The Bertz CT molecular complexity index is 303. The zero-order valence-corrected chi connectivity index (χ0v) is 14.8. The minimum Gasteiger partial charge on any atom is -0.465 e. The first-order valence-corrected chi connectivity index (χ1v) is 9.83. The molecule has 0 aliphatic heterocycles. The molecule has 0 fully saturated rings. The molecule has 0 aromatic rings. The van der Waals surface area contributed by atoms with Crippen molar-refractivity contribution in [1.29, 1.82) is 0 Å². The molecule has 0 heterocycles. The molecule has 0 spiro atoms. The molecule has 5 heteroatoms. The van der Waals surface area contributed by atoms with Gasteiger partial charge in [-0.05, 0) is 30.0 Å². The molecule has 0 aliphatic rings. The van der Waals surface area contributed by atoms with E-state index in [0.717, 1.165) is 0 Å². The zero-order valence-electron chi connectivity index (χ0n) is 13.8. The van der Waals surface area contributed by atoms with E-state index in [0.29, 0.717) is 13.0 Å². The average molecular weight is 289 g/mol. The summed E-state index contributed by atoms with van der Waals surface area (Å²) < 4.78 is 6.45. The van der Waals surface area contributed by atoms with Crippen LogP contribution in [0.3, 0.4) is 0 Å². The molecule has 2 N–H and O–H groups in total.